The number of benzene rings is 1. The number of ether oxygens (including phenoxy) is 2. The Morgan fingerprint density at radius 2 is 1.79 bits per heavy atom. The summed E-state index contributed by atoms with van der Waals surface area (Å²) in [6.45, 7) is 6.26. The average Bonchev–Trinajstić information content (AvgIpc) is 2.75. The molecular weight excluding hydrogens is 358 g/mol. The Bertz CT molecular complexity index is 636. The molecule has 2 amide bonds. The first-order valence-electron chi connectivity index (χ1n) is 10.1. The third-order valence-corrected chi connectivity index (χ3v) is 5.56. The summed E-state index contributed by atoms with van der Waals surface area (Å²) in [5.74, 6) is 1.04. The molecule has 0 atom stereocenters. The van der Waals surface area contributed by atoms with Crippen molar-refractivity contribution in [1.82, 2.24) is 15.1 Å². The van der Waals surface area contributed by atoms with Crippen LogP contribution in [-0.4, -0.2) is 81.2 Å². The van der Waals surface area contributed by atoms with Crippen LogP contribution in [0, 0.1) is 5.92 Å². The van der Waals surface area contributed by atoms with Gasteiger partial charge in [0.2, 0.25) is 11.8 Å². The largest absolute Gasteiger partial charge is 0.497 e. The number of nitrogens with zero attached hydrogens (tertiary/aromatic N) is 2. The van der Waals surface area contributed by atoms with E-state index in [4.69, 9.17) is 9.47 Å². The van der Waals surface area contributed by atoms with Crippen molar-refractivity contribution in [1.29, 1.82) is 0 Å². The second-order valence-corrected chi connectivity index (χ2v) is 7.42. The van der Waals surface area contributed by atoms with Gasteiger partial charge >= 0.3 is 0 Å². The molecule has 28 heavy (non-hydrogen) atoms. The van der Waals surface area contributed by atoms with Gasteiger partial charge in [0.05, 0.1) is 26.7 Å². The molecule has 0 unspecified atom stereocenters. The van der Waals surface area contributed by atoms with E-state index in [1.807, 2.05) is 29.2 Å². The van der Waals surface area contributed by atoms with Gasteiger partial charge in [-0.2, -0.15) is 0 Å². The van der Waals surface area contributed by atoms with Gasteiger partial charge in [-0.1, -0.05) is 12.1 Å². The summed E-state index contributed by atoms with van der Waals surface area (Å²) < 4.78 is 10.5. The van der Waals surface area contributed by atoms with Gasteiger partial charge in [0, 0.05) is 45.2 Å². The van der Waals surface area contributed by atoms with E-state index in [9.17, 15) is 9.59 Å². The van der Waals surface area contributed by atoms with Crippen LogP contribution in [0.3, 0.4) is 0 Å². The molecule has 0 spiro atoms. The Kier molecular flexibility index (Phi) is 7.68. The van der Waals surface area contributed by atoms with Crippen LogP contribution < -0.4 is 10.1 Å². The lowest BCUT2D eigenvalue weighted by Crippen LogP contribution is -2.45. The standard InChI is InChI=1S/C21H31N3O4/c1-27-19-4-2-17(3-5-19)16-20(25)24-9-6-18(7-10-24)21(26)22-8-11-23-12-14-28-15-13-23/h2-5,18H,6-16H2,1H3,(H,22,26). The van der Waals surface area contributed by atoms with Crippen LogP contribution in [0.1, 0.15) is 18.4 Å². The molecule has 154 valence electrons. The molecule has 1 aromatic rings. The molecule has 2 saturated heterocycles. The third-order valence-electron chi connectivity index (χ3n) is 5.56. The lowest BCUT2D eigenvalue weighted by molar-refractivity contribution is -0.135. The number of piperidine rings is 1. The topological polar surface area (TPSA) is 71.1 Å². The molecule has 3 rings (SSSR count). The maximum atomic E-state index is 12.5. The minimum Gasteiger partial charge on any atom is -0.497 e. The number of nitrogens with one attached hydrogen (secondary N) is 1. The highest BCUT2D eigenvalue weighted by atomic mass is 16.5. The van der Waals surface area contributed by atoms with Crippen molar-refractivity contribution < 1.29 is 19.1 Å². The van der Waals surface area contributed by atoms with Crippen LogP contribution in [0.2, 0.25) is 0 Å². The smallest absolute Gasteiger partial charge is 0.226 e. The van der Waals surface area contributed by atoms with Crippen LogP contribution >= 0.6 is 0 Å². The Morgan fingerprint density at radius 1 is 1.11 bits per heavy atom. The second kappa shape index (κ2) is 10.4. The Labute approximate surface area is 167 Å². The first-order chi connectivity index (χ1) is 13.7. The summed E-state index contributed by atoms with van der Waals surface area (Å²) in [6, 6.07) is 7.59. The molecule has 0 radical (unpaired) electrons. The quantitative estimate of drug-likeness (QED) is 0.751. The summed E-state index contributed by atoms with van der Waals surface area (Å²) in [5, 5.41) is 3.06. The van der Waals surface area contributed by atoms with Gasteiger partial charge in [-0.3, -0.25) is 14.5 Å². The molecule has 0 aromatic heterocycles. The van der Waals surface area contributed by atoms with Gasteiger partial charge in [0.1, 0.15) is 5.75 Å². The Hall–Kier alpha value is -2.12. The zero-order valence-electron chi connectivity index (χ0n) is 16.7. The predicted octanol–water partition coefficient (Wildman–Crippen LogP) is 0.925. The molecule has 7 nitrogen and oxygen atoms in total. The molecule has 7 heteroatoms. The molecule has 0 saturated carbocycles. The van der Waals surface area contributed by atoms with E-state index >= 15 is 0 Å². The Balaban J connectivity index is 1.35. The van der Waals surface area contributed by atoms with Gasteiger partial charge < -0.3 is 19.7 Å². The van der Waals surface area contributed by atoms with Gasteiger partial charge in [-0.15, -0.1) is 0 Å². The molecule has 0 bridgehead atoms. The highest BCUT2D eigenvalue weighted by molar-refractivity contribution is 5.81. The predicted molar refractivity (Wildman–Crippen MR) is 106 cm³/mol. The molecule has 1 N–H and O–H groups in total. The lowest BCUT2D eigenvalue weighted by atomic mass is 9.95. The van der Waals surface area contributed by atoms with Crippen molar-refractivity contribution in [2.24, 2.45) is 5.92 Å². The fourth-order valence-electron chi connectivity index (χ4n) is 3.73. The van der Waals surface area contributed by atoms with Crippen molar-refractivity contribution in [2.45, 2.75) is 19.3 Å². The van der Waals surface area contributed by atoms with Crippen molar-refractivity contribution in [3.63, 3.8) is 0 Å². The highest BCUT2D eigenvalue weighted by Crippen LogP contribution is 2.19. The van der Waals surface area contributed by atoms with Crippen LogP contribution in [0.25, 0.3) is 0 Å². The summed E-state index contributed by atoms with van der Waals surface area (Å²) in [6.07, 6.45) is 1.86. The number of methoxy groups -OCH3 is 1. The minimum absolute atomic E-state index is 0.00901. The van der Waals surface area contributed by atoms with Crippen molar-refractivity contribution >= 4 is 11.8 Å². The number of likely N-dealkylation sites (tertiary alicyclic amines) is 1. The number of morpholine rings is 1. The number of hydrogen-bond donors (Lipinski definition) is 1. The Morgan fingerprint density at radius 3 is 2.43 bits per heavy atom. The molecule has 0 aliphatic carbocycles. The zero-order chi connectivity index (χ0) is 19.8. The summed E-state index contributed by atoms with van der Waals surface area (Å²) in [7, 11) is 1.63. The number of carbonyl (C=O) groups is 2. The van der Waals surface area contributed by atoms with Crippen molar-refractivity contribution in [2.75, 3.05) is 59.6 Å². The molecule has 1 aromatic carbocycles. The fraction of sp³-hybridized carbons (Fsp3) is 0.619. The third kappa shape index (κ3) is 5.94. The molecule has 2 heterocycles. The molecule has 2 aliphatic rings. The molecular formula is C21H31N3O4. The first-order valence-corrected chi connectivity index (χ1v) is 10.1. The van der Waals surface area contributed by atoms with Gasteiger partial charge in [-0.05, 0) is 30.5 Å². The average molecular weight is 389 g/mol. The van der Waals surface area contributed by atoms with Crippen molar-refractivity contribution in [3.05, 3.63) is 29.8 Å². The van der Waals surface area contributed by atoms with E-state index in [1.165, 1.54) is 0 Å². The van der Waals surface area contributed by atoms with Crippen LogP contribution in [0.15, 0.2) is 24.3 Å². The van der Waals surface area contributed by atoms with Gasteiger partial charge in [0.25, 0.3) is 0 Å². The van der Waals surface area contributed by atoms with Gasteiger partial charge in [0.15, 0.2) is 0 Å². The fourth-order valence-corrected chi connectivity index (χ4v) is 3.73. The molecule has 2 aliphatic heterocycles. The van der Waals surface area contributed by atoms with E-state index in [1.54, 1.807) is 7.11 Å². The molecule has 2 fully saturated rings. The number of amides is 2. The normalized spacial score (nSPS) is 18.7. The van der Waals surface area contributed by atoms with E-state index in [-0.39, 0.29) is 17.7 Å². The zero-order valence-corrected chi connectivity index (χ0v) is 16.7. The number of carbonyl (C=O) groups excluding carboxylic acids is 2. The second-order valence-electron chi connectivity index (χ2n) is 7.42. The van der Waals surface area contributed by atoms with E-state index < -0.39 is 0 Å². The summed E-state index contributed by atoms with van der Waals surface area (Å²) >= 11 is 0. The summed E-state index contributed by atoms with van der Waals surface area (Å²) in [5.41, 5.74) is 0.980. The van der Waals surface area contributed by atoms with Crippen molar-refractivity contribution in [3.8, 4) is 5.75 Å². The number of hydrogen-bond acceptors (Lipinski definition) is 5. The van der Waals surface area contributed by atoms with Crippen LogP contribution in [-0.2, 0) is 20.7 Å². The van der Waals surface area contributed by atoms with Gasteiger partial charge in [-0.25, -0.2) is 0 Å². The van der Waals surface area contributed by atoms with Crippen LogP contribution in [0.5, 0.6) is 5.75 Å². The van der Waals surface area contributed by atoms with E-state index in [0.29, 0.717) is 26.1 Å². The lowest BCUT2D eigenvalue weighted by Gasteiger charge is -2.32. The van der Waals surface area contributed by atoms with E-state index in [2.05, 4.69) is 10.2 Å². The minimum atomic E-state index is 0.00901. The number of rotatable bonds is 7. The highest BCUT2D eigenvalue weighted by Gasteiger charge is 2.27. The monoisotopic (exact) mass is 389 g/mol. The maximum Gasteiger partial charge on any atom is 0.226 e. The first kappa shape index (κ1) is 20.6. The summed E-state index contributed by atoms with van der Waals surface area (Å²) in [4.78, 5) is 29.1. The van der Waals surface area contributed by atoms with E-state index in [0.717, 1.165) is 57.0 Å². The SMILES string of the molecule is COc1ccc(CC(=O)N2CCC(C(=O)NCCN3CCOCC3)CC2)cc1. The maximum absolute atomic E-state index is 12.5. The van der Waals surface area contributed by atoms with Crippen LogP contribution in [0.4, 0.5) is 0 Å².